The van der Waals surface area contributed by atoms with E-state index in [0.717, 1.165) is 36.2 Å². The third-order valence-electron chi connectivity index (χ3n) is 5.15. The van der Waals surface area contributed by atoms with Gasteiger partial charge in [-0.2, -0.15) is 0 Å². The maximum atomic E-state index is 13.3. The van der Waals surface area contributed by atoms with Crippen LogP contribution in [0.2, 0.25) is 0 Å². The lowest BCUT2D eigenvalue weighted by atomic mass is 10.00. The van der Waals surface area contributed by atoms with E-state index in [2.05, 4.69) is 15.3 Å². The maximum Gasteiger partial charge on any atom is 0.238 e. The van der Waals surface area contributed by atoms with Gasteiger partial charge in [0.05, 0.1) is 18.3 Å². The number of carbonyl (C=O) groups is 1. The normalized spacial score (nSPS) is 16.5. The molecule has 1 aromatic heterocycles. The number of benzene rings is 2. The van der Waals surface area contributed by atoms with E-state index in [9.17, 15) is 13.6 Å². The Labute approximate surface area is 172 Å². The number of aromatic nitrogens is 2. The van der Waals surface area contributed by atoms with Gasteiger partial charge in [0.1, 0.15) is 11.6 Å². The molecule has 1 aliphatic heterocycles. The Morgan fingerprint density at radius 3 is 2.47 bits per heavy atom. The van der Waals surface area contributed by atoms with Crippen molar-refractivity contribution in [3.63, 3.8) is 0 Å². The summed E-state index contributed by atoms with van der Waals surface area (Å²) in [6, 6.07) is 11.6. The van der Waals surface area contributed by atoms with E-state index in [1.807, 2.05) is 4.90 Å². The standard InChI is InChI=1S/C22H21F2N5O/c23-15-5-3-14(4-6-15)18-12-26-22(25)28-21(18)19-2-1-11-29(19)13-20(30)27-17-9-7-16(24)8-10-17/h3-10,12,19H,1-2,11,13H2,(H,27,30)(H2,25,26,28)/t19-/m0/s1. The van der Waals surface area contributed by atoms with E-state index in [1.165, 1.54) is 36.4 Å². The molecule has 1 amide bonds. The first kappa shape index (κ1) is 19.9. The number of hydrogen-bond acceptors (Lipinski definition) is 5. The second-order valence-electron chi connectivity index (χ2n) is 7.22. The SMILES string of the molecule is Nc1ncc(-c2ccc(F)cc2)c([C@@H]2CCCN2CC(=O)Nc2ccc(F)cc2)n1. The first-order valence-corrected chi connectivity index (χ1v) is 9.67. The topological polar surface area (TPSA) is 84.1 Å². The Hall–Kier alpha value is -3.39. The van der Waals surface area contributed by atoms with Crippen LogP contribution in [-0.2, 0) is 4.79 Å². The average molecular weight is 409 g/mol. The quantitative estimate of drug-likeness (QED) is 0.670. The van der Waals surface area contributed by atoms with E-state index in [0.29, 0.717) is 5.69 Å². The van der Waals surface area contributed by atoms with Crippen molar-refractivity contribution in [1.82, 2.24) is 14.9 Å². The zero-order valence-electron chi connectivity index (χ0n) is 16.2. The molecule has 4 rings (SSSR count). The van der Waals surface area contributed by atoms with Gasteiger partial charge in [0.15, 0.2) is 0 Å². The molecule has 1 aliphatic rings. The monoisotopic (exact) mass is 409 g/mol. The van der Waals surface area contributed by atoms with Crippen molar-refractivity contribution in [3.8, 4) is 11.1 Å². The van der Waals surface area contributed by atoms with Crippen molar-refractivity contribution in [1.29, 1.82) is 0 Å². The third-order valence-corrected chi connectivity index (χ3v) is 5.15. The van der Waals surface area contributed by atoms with Gasteiger partial charge in [-0.05, 0) is 61.3 Å². The lowest BCUT2D eigenvalue weighted by Gasteiger charge is -2.25. The van der Waals surface area contributed by atoms with Crippen LogP contribution in [0.4, 0.5) is 20.4 Å². The highest BCUT2D eigenvalue weighted by Crippen LogP contribution is 2.36. The molecule has 3 N–H and O–H groups in total. The molecule has 0 bridgehead atoms. The number of nitrogens with two attached hydrogens (primary N) is 1. The molecule has 0 radical (unpaired) electrons. The second kappa shape index (κ2) is 8.54. The van der Waals surface area contributed by atoms with Crippen molar-refractivity contribution >= 4 is 17.5 Å². The fraction of sp³-hybridized carbons (Fsp3) is 0.227. The number of anilines is 2. The van der Waals surface area contributed by atoms with Crippen LogP contribution in [0.5, 0.6) is 0 Å². The number of halogens is 2. The highest BCUT2D eigenvalue weighted by molar-refractivity contribution is 5.92. The predicted molar refractivity (Wildman–Crippen MR) is 110 cm³/mol. The zero-order valence-corrected chi connectivity index (χ0v) is 16.2. The number of nitrogens with zero attached hydrogens (tertiary/aromatic N) is 3. The minimum Gasteiger partial charge on any atom is -0.368 e. The number of nitrogen functional groups attached to an aromatic ring is 1. The van der Waals surface area contributed by atoms with E-state index >= 15 is 0 Å². The van der Waals surface area contributed by atoms with Gasteiger partial charge >= 0.3 is 0 Å². The van der Waals surface area contributed by atoms with Crippen LogP contribution in [0.25, 0.3) is 11.1 Å². The molecule has 8 heteroatoms. The highest BCUT2D eigenvalue weighted by Gasteiger charge is 2.31. The summed E-state index contributed by atoms with van der Waals surface area (Å²) < 4.78 is 26.4. The number of likely N-dealkylation sites (tertiary alicyclic amines) is 1. The van der Waals surface area contributed by atoms with Crippen LogP contribution >= 0.6 is 0 Å². The molecule has 6 nitrogen and oxygen atoms in total. The summed E-state index contributed by atoms with van der Waals surface area (Å²) >= 11 is 0. The van der Waals surface area contributed by atoms with Crippen LogP contribution in [0.15, 0.2) is 54.7 Å². The van der Waals surface area contributed by atoms with E-state index < -0.39 is 0 Å². The van der Waals surface area contributed by atoms with Gasteiger partial charge in [-0.3, -0.25) is 9.69 Å². The van der Waals surface area contributed by atoms with Crippen LogP contribution < -0.4 is 11.1 Å². The Kier molecular flexibility index (Phi) is 5.67. The van der Waals surface area contributed by atoms with Gasteiger partial charge in [0.25, 0.3) is 0 Å². The summed E-state index contributed by atoms with van der Waals surface area (Å²) in [7, 11) is 0. The summed E-state index contributed by atoms with van der Waals surface area (Å²) in [5.41, 5.74) is 8.66. The number of amides is 1. The van der Waals surface area contributed by atoms with Gasteiger partial charge in [0.2, 0.25) is 11.9 Å². The van der Waals surface area contributed by atoms with E-state index in [-0.39, 0.29) is 36.1 Å². The average Bonchev–Trinajstić information content (AvgIpc) is 3.18. The lowest BCUT2D eigenvalue weighted by Crippen LogP contribution is -2.33. The van der Waals surface area contributed by atoms with Gasteiger partial charge in [-0.25, -0.2) is 18.7 Å². The van der Waals surface area contributed by atoms with Crippen LogP contribution in [0.1, 0.15) is 24.6 Å². The molecule has 0 unspecified atom stereocenters. The first-order valence-electron chi connectivity index (χ1n) is 9.67. The van der Waals surface area contributed by atoms with Crippen LogP contribution in [-0.4, -0.2) is 33.9 Å². The number of rotatable bonds is 5. The molecule has 0 aliphatic carbocycles. The van der Waals surface area contributed by atoms with Crippen molar-refractivity contribution in [2.24, 2.45) is 0 Å². The summed E-state index contributed by atoms with van der Waals surface area (Å²) in [5.74, 6) is -0.726. The molecular formula is C22H21F2N5O. The van der Waals surface area contributed by atoms with Gasteiger partial charge in [0, 0.05) is 17.4 Å². The summed E-state index contributed by atoms with van der Waals surface area (Å²) in [5, 5.41) is 2.79. The van der Waals surface area contributed by atoms with Crippen molar-refractivity contribution < 1.29 is 13.6 Å². The zero-order chi connectivity index (χ0) is 21.1. The highest BCUT2D eigenvalue weighted by atomic mass is 19.1. The largest absolute Gasteiger partial charge is 0.368 e. The Morgan fingerprint density at radius 2 is 1.77 bits per heavy atom. The molecule has 2 heterocycles. The fourth-order valence-electron chi connectivity index (χ4n) is 3.76. The summed E-state index contributed by atoms with van der Waals surface area (Å²) in [6.07, 6.45) is 3.36. The fourth-order valence-corrected chi connectivity index (χ4v) is 3.76. The molecule has 0 saturated carbocycles. The summed E-state index contributed by atoms with van der Waals surface area (Å²) in [6.45, 7) is 0.892. The number of hydrogen-bond donors (Lipinski definition) is 2. The third kappa shape index (κ3) is 4.44. The lowest BCUT2D eigenvalue weighted by molar-refractivity contribution is -0.117. The van der Waals surface area contributed by atoms with Gasteiger partial charge in [-0.1, -0.05) is 12.1 Å². The first-order chi connectivity index (χ1) is 14.5. The predicted octanol–water partition coefficient (Wildman–Crippen LogP) is 3.78. The minimum absolute atomic E-state index is 0.116. The Bertz CT molecular complexity index is 1040. The maximum absolute atomic E-state index is 13.3. The van der Waals surface area contributed by atoms with Crippen molar-refractivity contribution in [2.75, 3.05) is 24.1 Å². The van der Waals surface area contributed by atoms with Crippen LogP contribution in [0.3, 0.4) is 0 Å². The van der Waals surface area contributed by atoms with Gasteiger partial charge in [-0.15, -0.1) is 0 Å². The van der Waals surface area contributed by atoms with E-state index in [1.54, 1.807) is 18.3 Å². The Morgan fingerprint density at radius 1 is 1.10 bits per heavy atom. The Balaban J connectivity index is 1.55. The van der Waals surface area contributed by atoms with Crippen LogP contribution in [0, 0.1) is 11.6 Å². The number of carbonyl (C=O) groups excluding carboxylic acids is 1. The molecular weight excluding hydrogens is 388 g/mol. The smallest absolute Gasteiger partial charge is 0.238 e. The second-order valence-corrected chi connectivity index (χ2v) is 7.22. The molecule has 154 valence electrons. The minimum atomic E-state index is -0.359. The van der Waals surface area contributed by atoms with Gasteiger partial charge < -0.3 is 11.1 Å². The van der Waals surface area contributed by atoms with Crippen molar-refractivity contribution in [3.05, 3.63) is 72.1 Å². The molecule has 1 saturated heterocycles. The van der Waals surface area contributed by atoms with E-state index in [4.69, 9.17) is 5.73 Å². The number of nitrogens with one attached hydrogen (secondary N) is 1. The summed E-state index contributed by atoms with van der Waals surface area (Å²) in [4.78, 5) is 23.1. The van der Waals surface area contributed by atoms with Crippen molar-refractivity contribution in [2.45, 2.75) is 18.9 Å². The molecule has 1 fully saturated rings. The molecule has 2 aromatic carbocycles. The molecule has 30 heavy (non-hydrogen) atoms. The molecule has 3 aromatic rings. The molecule has 1 atom stereocenters. The molecule has 0 spiro atoms.